The summed E-state index contributed by atoms with van der Waals surface area (Å²) in [5, 5.41) is 10.0. The number of benzene rings is 2. The molecule has 0 spiro atoms. The minimum atomic E-state index is -3.97. The number of aliphatic carboxylic acids is 1. The number of Topliss-reactive ketones (excluding diaryl/α,β-unsaturated/α-hetero) is 1. The summed E-state index contributed by atoms with van der Waals surface area (Å²) >= 11 is 0. The SMILES string of the molecule is CCS(=O)(=O)NN(N)C(C(=O)c1ccccc1)[C@@H](C(=O)O)C(=O)OCc1ccccc1. The van der Waals surface area contributed by atoms with Gasteiger partial charge in [0.2, 0.25) is 10.0 Å². The van der Waals surface area contributed by atoms with Gasteiger partial charge in [-0.2, -0.15) is 5.12 Å². The zero-order valence-electron chi connectivity index (χ0n) is 16.7. The van der Waals surface area contributed by atoms with Gasteiger partial charge in [0.15, 0.2) is 11.7 Å². The number of hydrazine groups is 2. The van der Waals surface area contributed by atoms with E-state index in [0.717, 1.165) is 0 Å². The molecule has 0 aliphatic carbocycles. The number of nitrogens with one attached hydrogen (secondary N) is 1. The highest BCUT2D eigenvalue weighted by molar-refractivity contribution is 7.89. The van der Waals surface area contributed by atoms with Crippen molar-refractivity contribution in [3.8, 4) is 0 Å². The maximum atomic E-state index is 13.1. The number of ketones is 1. The first-order valence-electron chi connectivity index (χ1n) is 9.23. The highest BCUT2D eigenvalue weighted by Gasteiger charge is 2.45. The predicted octanol–water partition coefficient (Wildman–Crippen LogP) is 0.712. The Morgan fingerprint density at radius 1 is 1.06 bits per heavy atom. The monoisotopic (exact) mass is 449 g/mol. The summed E-state index contributed by atoms with van der Waals surface area (Å²) in [5.41, 5.74) is 0.642. The second-order valence-electron chi connectivity index (χ2n) is 6.49. The van der Waals surface area contributed by atoms with Gasteiger partial charge in [-0.05, 0) is 12.5 Å². The van der Waals surface area contributed by atoms with Crippen LogP contribution in [0.4, 0.5) is 0 Å². The number of rotatable bonds is 11. The average Bonchev–Trinajstić information content (AvgIpc) is 2.76. The number of nitrogens with zero attached hydrogens (tertiary/aromatic N) is 1. The number of carbonyl (C=O) groups excluding carboxylic acids is 2. The number of esters is 1. The summed E-state index contributed by atoms with van der Waals surface area (Å²) in [6.07, 6.45) is 0. The predicted molar refractivity (Wildman–Crippen MR) is 111 cm³/mol. The van der Waals surface area contributed by atoms with Crippen LogP contribution in [0.5, 0.6) is 0 Å². The Morgan fingerprint density at radius 2 is 1.61 bits per heavy atom. The molecule has 0 radical (unpaired) electrons. The second kappa shape index (κ2) is 10.8. The molecule has 0 aliphatic rings. The van der Waals surface area contributed by atoms with Crippen LogP contribution in [0.1, 0.15) is 22.8 Å². The number of sulfonamides is 1. The average molecular weight is 449 g/mol. The van der Waals surface area contributed by atoms with Crippen LogP contribution in [0, 0.1) is 5.92 Å². The molecule has 11 heteroatoms. The van der Waals surface area contributed by atoms with E-state index in [9.17, 15) is 27.9 Å². The number of ether oxygens (including phenoxy) is 1. The Bertz CT molecular complexity index is 1010. The Hall–Kier alpha value is -3.12. The molecule has 2 aromatic carbocycles. The normalized spacial score (nSPS) is 13.4. The number of carbonyl (C=O) groups is 3. The fourth-order valence-electron chi connectivity index (χ4n) is 2.68. The van der Waals surface area contributed by atoms with E-state index in [1.807, 2.05) is 4.83 Å². The highest BCUT2D eigenvalue weighted by Crippen LogP contribution is 2.18. The number of hydrogen-bond acceptors (Lipinski definition) is 8. The number of carboxylic acid groups (broad SMARTS) is 1. The van der Waals surface area contributed by atoms with E-state index in [-0.39, 0.29) is 17.9 Å². The fraction of sp³-hybridized carbons (Fsp3) is 0.250. The molecular weight excluding hydrogens is 426 g/mol. The molecule has 0 aliphatic heterocycles. The third kappa shape index (κ3) is 6.69. The van der Waals surface area contributed by atoms with Crippen LogP contribution >= 0.6 is 0 Å². The summed E-state index contributed by atoms with van der Waals surface area (Å²) in [7, 11) is -3.97. The zero-order chi connectivity index (χ0) is 23.0. The van der Waals surface area contributed by atoms with Crippen LogP contribution in [0.15, 0.2) is 60.7 Å². The number of hydrogen-bond donors (Lipinski definition) is 3. The Morgan fingerprint density at radius 3 is 2.13 bits per heavy atom. The topological polar surface area (TPSA) is 156 Å². The summed E-state index contributed by atoms with van der Waals surface area (Å²) in [5.74, 6) is -0.534. The van der Waals surface area contributed by atoms with Gasteiger partial charge >= 0.3 is 11.9 Å². The van der Waals surface area contributed by atoms with Crippen LogP contribution in [0.25, 0.3) is 0 Å². The zero-order valence-corrected chi connectivity index (χ0v) is 17.5. The van der Waals surface area contributed by atoms with E-state index in [1.54, 1.807) is 36.4 Å². The Balaban J connectivity index is 2.37. The summed E-state index contributed by atoms with van der Waals surface area (Å²) < 4.78 is 29.0. The minimum absolute atomic E-state index is 0.0424. The molecule has 166 valence electrons. The molecule has 0 bridgehead atoms. The molecule has 2 aromatic rings. The van der Waals surface area contributed by atoms with Gasteiger partial charge in [0.1, 0.15) is 12.6 Å². The van der Waals surface area contributed by atoms with Crippen molar-refractivity contribution in [3.63, 3.8) is 0 Å². The summed E-state index contributed by atoms with van der Waals surface area (Å²) in [4.78, 5) is 39.6. The first kappa shape index (κ1) is 24.2. The number of nitrogens with two attached hydrogens (primary N) is 1. The van der Waals surface area contributed by atoms with Crippen LogP contribution in [-0.2, 0) is 31.0 Å². The van der Waals surface area contributed by atoms with E-state index < -0.39 is 39.7 Å². The van der Waals surface area contributed by atoms with E-state index in [1.165, 1.54) is 31.2 Å². The van der Waals surface area contributed by atoms with Crippen molar-refractivity contribution < 1.29 is 32.6 Å². The molecule has 0 fully saturated rings. The van der Waals surface area contributed by atoms with E-state index in [4.69, 9.17) is 10.6 Å². The first-order chi connectivity index (χ1) is 14.7. The molecule has 0 saturated carbocycles. The maximum Gasteiger partial charge on any atom is 0.322 e. The van der Waals surface area contributed by atoms with E-state index in [0.29, 0.717) is 10.7 Å². The van der Waals surface area contributed by atoms with Gasteiger partial charge in [-0.15, -0.1) is 4.83 Å². The van der Waals surface area contributed by atoms with Gasteiger partial charge < -0.3 is 9.84 Å². The molecule has 0 aromatic heterocycles. The van der Waals surface area contributed by atoms with Crippen molar-refractivity contribution in [2.24, 2.45) is 11.8 Å². The van der Waals surface area contributed by atoms with Crippen LogP contribution < -0.4 is 10.7 Å². The summed E-state index contributed by atoms with van der Waals surface area (Å²) in [6, 6.07) is 14.1. The lowest BCUT2D eigenvalue weighted by atomic mass is 9.92. The van der Waals surface area contributed by atoms with Gasteiger partial charge in [0, 0.05) is 5.56 Å². The van der Waals surface area contributed by atoms with Gasteiger partial charge in [-0.3, -0.25) is 20.2 Å². The maximum absolute atomic E-state index is 13.1. The van der Waals surface area contributed by atoms with E-state index in [2.05, 4.69) is 0 Å². The highest BCUT2D eigenvalue weighted by atomic mass is 32.2. The van der Waals surface area contributed by atoms with Crippen molar-refractivity contribution in [3.05, 3.63) is 71.8 Å². The molecule has 0 heterocycles. The molecule has 2 atom stereocenters. The smallest absolute Gasteiger partial charge is 0.322 e. The fourth-order valence-corrected chi connectivity index (χ4v) is 3.24. The van der Waals surface area contributed by atoms with Gasteiger partial charge in [0.05, 0.1) is 5.75 Å². The lowest BCUT2D eigenvalue weighted by Gasteiger charge is -2.29. The third-order valence-electron chi connectivity index (χ3n) is 4.31. The van der Waals surface area contributed by atoms with Crippen molar-refractivity contribution in [1.82, 2.24) is 9.95 Å². The Kier molecular flexibility index (Phi) is 8.39. The molecule has 31 heavy (non-hydrogen) atoms. The molecule has 10 nitrogen and oxygen atoms in total. The van der Waals surface area contributed by atoms with Crippen molar-refractivity contribution in [2.75, 3.05) is 5.75 Å². The molecule has 0 amide bonds. The van der Waals surface area contributed by atoms with Gasteiger partial charge in [-0.1, -0.05) is 60.7 Å². The third-order valence-corrected chi connectivity index (χ3v) is 5.56. The Labute approximate surface area is 179 Å². The molecular formula is C20H23N3O7S. The number of carboxylic acids is 1. The van der Waals surface area contributed by atoms with Crippen molar-refractivity contribution in [2.45, 2.75) is 19.6 Å². The molecule has 1 unspecified atom stereocenters. The van der Waals surface area contributed by atoms with Gasteiger partial charge in [-0.25, -0.2) is 8.42 Å². The molecule has 0 saturated heterocycles. The van der Waals surface area contributed by atoms with Crippen LogP contribution in [0.3, 0.4) is 0 Å². The first-order valence-corrected chi connectivity index (χ1v) is 10.9. The molecule has 2 rings (SSSR count). The summed E-state index contributed by atoms with van der Waals surface area (Å²) in [6.45, 7) is 1.09. The van der Waals surface area contributed by atoms with Crippen LogP contribution in [0.2, 0.25) is 0 Å². The van der Waals surface area contributed by atoms with Crippen molar-refractivity contribution >= 4 is 27.7 Å². The lowest BCUT2D eigenvalue weighted by molar-refractivity contribution is -0.162. The van der Waals surface area contributed by atoms with Crippen LogP contribution in [-0.4, -0.2) is 48.2 Å². The van der Waals surface area contributed by atoms with E-state index >= 15 is 0 Å². The second-order valence-corrected chi connectivity index (χ2v) is 8.48. The minimum Gasteiger partial charge on any atom is -0.481 e. The van der Waals surface area contributed by atoms with Gasteiger partial charge in [0.25, 0.3) is 0 Å². The molecule has 4 N–H and O–H groups in total. The quantitative estimate of drug-likeness (QED) is 0.148. The standard InChI is InChI=1S/C20H23N3O7S/c1-2-31(28,29)22-23(21)17(18(24)15-11-7-4-8-12-15)16(19(25)26)20(27)30-13-14-9-5-3-6-10-14/h3-12,16-17,22H,2,13,21H2,1H3,(H,25,26)/t16-,17?/m0/s1. The van der Waals surface area contributed by atoms with Crippen molar-refractivity contribution in [1.29, 1.82) is 0 Å². The largest absolute Gasteiger partial charge is 0.481 e. The lowest BCUT2D eigenvalue weighted by Crippen LogP contribution is -2.61.